The number of carbonyl (C=O) groups is 1. The lowest BCUT2D eigenvalue weighted by atomic mass is 10.3. The molecule has 0 atom stereocenters. The molecule has 0 spiro atoms. The lowest BCUT2D eigenvalue weighted by Crippen LogP contribution is -2.04. The summed E-state index contributed by atoms with van der Waals surface area (Å²) in [5, 5.41) is 16.7. The van der Waals surface area contributed by atoms with Gasteiger partial charge in [0.1, 0.15) is 11.8 Å². The zero-order chi connectivity index (χ0) is 9.14. The van der Waals surface area contributed by atoms with Gasteiger partial charge in [0.05, 0.1) is 0 Å². The second kappa shape index (κ2) is 2.96. The van der Waals surface area contributed by atoms with Crippen molar-refractivity contribution in [1.82, 2.24) is 4.98 Å². The van der Waals surface area contributed by atoms with Crippen molar-refractivity contribution in [1.29, 1.82) is 5.26 Å². The Kier molecular flexibility index (Phi) is 2.01. The number of carboxylic acid groups (broad SMARTS) is 1. The van der Waals surface area contributed by atoms with Crippen LogP contribution in [-0.2, 0) is 0 Å². The number of hydrogen-bond acceptors (Lipinski definition) is 3. The molecule has 0 fully saturated rings. The van der Waals surface area contributed by atoms with Crippen molar-refractivity contribution in [2.24, 2.45) is 0 Å². The molecular weight excluding hydrogens is 163 g/mol. The molecule has 0 amide bonds. The molecule has 5 heteroatoms. The summed E-state index contributed by atoms with van der Waals surface area (Å²) < 4.78 is 12.6. The van der Waals surface area contributed by atoms with Crippen molar-refractivity contribution in [3.05, 3.63) is 29.3 Å². The fourth-order valence-corrected chi connectivity index (χ4v) is 0.654. The lowest BCUT2D eigenvalue weighted by molar-refractivity contribution is 0.0685. The van der Waals surface area contributed by atoms with Crippen LogP contribution in [0.25, 0.3) is 0 Å². The molecule has 0 aromatic carbocycles. The van der Waals surface area contributed by atoms with Gasteiger partial charge in [0.25, 0.3) is 0 Å². The minimum Gasteiger partial charge on any atom is -0.476 e. The van der Waals surface area contributed by atoms with Crippen LogP contribution in [-0.4, -0.2) is 16.1 Å². The molecule has 12 heavy (non-hydrogen) atoms. The predicted octanol–water partition coefficient (Wildman–Crippen LogP) is 0.791. The number of halogens is 1. The van der Waals surface area contributed by atoms with Gasteiger partial charge in [-0.15, -0.1) is 0 Å². The minimum atomic E-state index is -1.48. The van der Waals surface area contributed by atoms with Gasteiger partial charge in [-0.25, -0.2) is 14.2 Å². The molecule has 1 heterocycles. The van der Waals surface area contributed by atoms with E-state index in [1.807, 2.05) is 0 Å². The number of hydrogen-bond donors (Lipinski definition) is 1. The van der Waals surface area contributed by atoms with E-state index in [4.69, 9.17) is 10.4 Å². The zero-order valence-electron chi connectivity index (χ0n) is 5.78. The van der Waals surface area contributed by atoms with Gasteiger partial charge in [-0.1, -0.05) is 0 Å². The van der Waals surface area contributed by atoms with E-state index in [0.717, 1.165) is 12.1 Å². The van der Waals surface area contributed by atoms with Crippen molar-refractivity contribution < 1.29 is 14.3 Å². The Morgan fingerprint density at radius 3 is 2.83 bits per heavy atom. The van der Waals surface area contributed by atoms with Crippen molar-refractivity contribution >= 4 is 5.97 Å². The summed E-state index contributed by atoms with van der Waals surface area (Å²) in [4.78, 5) is 13.5. The topological polar surface area (TPSA) is 74.0 Å². The first-order valence-electron chi connectivity index (χ1n) is 2.95. The molecule has 0 aliphatic carbocycles. The van der Waals surface area contributed by atoms with E-state index in [2.05, 4.69) is 4.98 Å². The van der Waals surface area contributed by atoms with E-state index < -0.39 is 17.5 Å². The molecule has 0 unspecified atom stereocenters. The third-order valence-electron chi connectivity index (χ3n) is 1.16. The second-order valence-electron chi connectivity index (χ2n) is 1.94. The Morgan fingerprint density at radius 2 is 2.33 bits per heavy atom. The molecule has 0 aliphatic rings. The molecule has 1 aromatic heterocycles. The number of nitriles is 1. The zero-order valence-corrected chi connectivity index (χ0v) is 5.78. The van der Waals surface area contributed by atoms with Crippen molar-refractivity contribution in [2.45, 2.75) is 0 Å². The molecule has 0 bridgehead atoms. The molecule has 0 saturated heterocycles. The van der Waals surface area contributed by atoms with Crippen LogP contribution in [0.1, 0.15) is 16.2 Å². The van der Waals surface area contributed by atoms with Gasteiger partial charge in [-0.2, -0.15) is 5.26 Å². The SMILES string of the molecule is N#Cc1ccc(F)c(C(=O)O)n1. The first-order chi connectivity index (χ1) is 5.65. The molecule has 1 rings (SSSR count). The summed E-state index contributed by atoms with van der Waals surface area (Å²) in [5.74, 6) is -2.42. The van der Waals surface area contributed by atoms with Gasteiger partial charge in [0, 0.05) is 0 Å². The molecule has 0 saturated carbocycles. The Labute approximate surface area is 66.9 Å². The van der Waals surface area contributed by atoms with Crippen LogP contribution < -0.4 is 0 Å². The number of nitrogens with zero attached hydrogens (tertiary/aromatic N) is 2. The summed E-state index contributed by atoms with van der Waals surface area (Å²) >= 11 is 0. The Bertz CT molecular complexity index is 370. The van der Waals surface area contributed by atoms with Crippen LogP contribution in [0.15, 0.2) is 12.1 Å². The summed E-state index contributed by atoms with van der Waals surface area (Å²) in [7, 11) is 0. The number of rotatable bonds is 1. The largest absolute Gasteiger partial charge is 0.476 e. The summed E-state index contributed by atoms with van der Waals surface area (Å²) in [6, 6.07) is 3.62. The van der Waals surface area contributed by atoms with Gasteiger partial charge in [-0.3, -0.25) is 0 Å². The summed E-state index contributed by atoms with van der Waals surface area (Å²) in [5.41, 5.74) is -0.845. The van der Waals surface area contributed by atoms with E-state index in [9.17, 15) is 9.18 Å². The molecular formula is C7H3FN2O2. The highest BCUT2D eigenvalue weighted by molar-refractivity contribution is 5.85. The van der Waals surface area contributed by atoms with Gasteiger partial charge >= 0.3 is 5.97 Å². The number of pyridine rings is 1. The lowest BCUT2D eigenvalue weighted by Gasteiger charge is -1.94. The van der Waals surface area contributed by atoms with Gasteiger partial charge in [0.2, 0.25) is 0 Å². The Morgan fingerprint density at radius 1 is 1.67 bits per heavy atom. The van der Waals surface area contributed by atoms with Gasteiger partial charge in [-0.05, 0) is 12.1 Å². The van der Waals surface area contributed by atoms with Crippen molar-refractivity contribution in [3.63, 3.8) is 0 Å². The standard InChI is InChI=1S/C7H3FN2O2/c8-5-2-1-4(3-9)10-6(5)7(11)12/h1-2H,(H,11,12). The molecule has 1 aromatic rings. The van der Waals surface area contributed by atoms with Crippen molar-refractivity contribution in [2.75, 3.05) is 0 Å². The highest BCUT2D eigenvalue weighted by Gasteiger charge is 2.12. The van der Waals surface area contributed by atoms with E-state index in [1.54, 1.807) is 6.07 Å². The fourth-order valence-electron chi connectivity index (χ4n) is 0.654. The van der Waals surface area contributed by atoms with Crippen LogP contribution in [0.5, 0.6) is 0 Å². The Balaban J connectivity index is 3.28. The molecule has 0 aliphatic heterocycles. The van der Waals surface area contributed by atoms with Crippen LogP contribution >= 0.6 is 0 Å². The molecule has 4 nitrogen and oxygen atoms in total. The van der Waals surface area contributed by atoms with Gasteiger partial charge in [0.15, 0.2) is 11.5 Å². The number of aromatic nitrogens is 1. The van der Waals surface area contributed by atoms with E-state index in [0.29, 0.717) is 0 Å². The number of aromatic carboxylic acids is 1. The average molecular weight is 166 g/mol. The molecule has 60 valence electrons. The van der Waals surface area contributed by atoms with E-state index in [1.165, 1.54) is 0 Å². The average Bonchev–Trinajstić information content (AvgIpc) is 2.05. The highest BCUT2D eigenvalue weighted by Crippen LogP contribution is 2.04. The van der Waals surface area contributed by atoms with Crippen molar-refractivity contribution in [3.8, 4) is 6.07 Å². The third-order valence-corrected chi connectivity index (χ3v) is 1.16. The summed E-state index contributed by atoms with van der Waals surface area (Å²) in [6.45, 7) is 0. The third kappa shape index (κ3) is 1.37. The summed E-state index contributed by atoms with van der Waals surface area (Å²) in [6.07, 6.45) is 0. The van der Waals surface area contributed by atoms with Crippen LogP contribution in [0.2, 0.25) is 0 Å². The smallest absolute Gasteiger partial charge is 0.357 e. The maximum absolute atomic E-state index is 12.6. The Hall–Kier alpha value is -1.96. The maximum atomic E-state index is 12.6. The maximum Gasteiger partial charge on any atom is 0.357 e. The molecule has 1 N–H and O–H groups in total. The fraction of sp³-hybridized carbons (Fsp3) is 0. The van der Waals surface area contributed by atoms with Crippen LogP contribution in [0.3, 0.4) is 0 Å². The first kappa shape index (κ1) is 8.14. The minimum absolute atomic E-state index is 0.117. The number of carboxylic acids is 1. The van der Waals surface area contributed by atoms with Crippen LogP contribution in [0.4, 0.5) is 4.39 Å². The first-order valence-corrected chi connectivity index (χ1v) is 2.95. The van der Waals surface area contributed by atoms with E-state index >= 15 is 0 Å². The second-order valence-corrected chi connectivity index (χ2v) is 1.94. The quantitative estimate of drug-likeness (QED) is 0.669. The van der Waals surface area contributed by atoms with E-state index in [-0.39, 0.29) is 5.69 Å². The highest BCUT2D eigenvalue weighted by atomic mass is 19.1. The van der Waals surface area contributed by atoms with Gasteiger partial charge < -0.3 is 5.11 Å². The monoisotopic (exact) mass is 166 g/mol. The normalized spacial score (nSPS) is 9.00. The molecule has 0 radical (unpaired) electrons. The predicted molar refractivity (Wildman–Crippen MR) is 35.9 cm³/mol. The van der Waals surface area contributed by atoms with Crippen LogP contribution in [0, 0.1) is 17.1 Å².